The van der Waals surface area contributed by atoms with Crippen molar-refractivity contribution >= 4 is 23.3 Å². The summed E-state index contributed by atoms with van der Waals surface area (Å²) < 4.78 is 0. The van der Waals surface area contributed by atoms with Gasteiger partial charge in [0, 0.05) is 19.4 Å². The van der Waals surface area contributed by atoms with Crippen molar-refractivity contribution in [2.45, 2.75) is 12.5 Å². The first-order chi connectivity index (χ1) is 7.59. The Morgan fingerprint density at radius 2 is 2.19 bits per heavy atom. The molecular formula is C11H11N2O3-. The quantitative estimate of drug-likeness (QED) is 0.733. The number of hydrogen-bond donors (Lipinski definition) is 1. The highest BCUT2D eigenvalue weighted by Gasteiger charge is 2.29. The molecule has 0 bridgehead atoms. The third kappa shape index (κ3) is 1.71. The minimum absolute atomic E-state index is 0.261. The maximum absolute atomic E-state index is 11.8. The molecule has 0 radical (unpaired) electrons. The smallest absolute Gasteiger partial charge is 0.249 e. The molecule has 1 unspecified atom stereocenters. The SMILES string of the molecule is CN1C(=O)C(CC(=O)[O-])Nc2ccccc21. The van der Waals surface area contributed by atoms with Gasteiger partial charge in [0.2, 0.25) is 5.91 Å². The van der Waals surface area contributed by atoms with Crippen molar-refractivity contribution in [2.75, 3.05) is 17.3 Å². The normalized spacial score (nSPS) is 18.9. The van der Waals surface area contributed by atoms with Crippen LogP contribution in [0.4, 0.5) is 11.4 Å². The summed E-state index contributed by atoms with van der Waals surface area (Å²) in [4.78, 5) is 23.8. The number of fused-ring (bicyclic) bond motifs is 1. The van der Waals surface area contributed by atoms with Crippen LogP contribution in [0, 0.1) is 0 Å². The number of carbonyl (C=O) groups excluding carboxylic acids is 2. The fourth-order valence-corrected chi connectivity index (χ4v) is 1.80. The number of carbonyl (C=O) groups is 2. The number of para-hydroxylation sites is 2. The molecule has 84 valence electrons. The summed E-state index contributed by atoms with van der Waals surface area (Å²) in [6.07, 6.45) is -0.322. The van der Waals surface area contributed by atoms with Gasteiger partial charge in [-0.1, -0.05) is 12.1 Å². The molecule has 1 aliphatic rings. The second-order valence-electron chi connectivity index (χ2n) is 3.69. The number of amides is 1. The van der Waals surface area contributed by atoms with E-state index in [-0.39, 0.29) is 12.3 Å². The highest BCUT2D eigenvalue weighted by molar-refractivity contribution is 6.05. The molecule has 1 aliphatic heterocycles. The fraction of sp³-hybridized carbons (Fsp3) is 0.273. The number of nitrogens with zero attached hydrogens (tertiary/aromatic N) is 1. The maximum Gasteiger partial charge on any atom is 0.249 e. The predicted molar refractivity (Wildman–Crippen MR) is 56.9 cm³/mol. The van der Waals surface area contributed by atoms with Gasteiger partial charge in [0.25, 0.3) is 0 Å². The third-order valence-corrected chi connectivity index (χ3v) is 2.59. The molecule has 0 fully saturated rings. The average Bonchev–Trinajstić information content (AvgIpc) is 2.25. The molecule has 1 N–H and O–H groups in total. The molecule has 1 aromatic rings. The number of likely N-dealkylation sites (N-methyl/N-ethyl adjacent to an activating group) is 1. The lowest BCUT2D eigenvalue weighted by Crippen LogP contribution is -2.47. The average molecular weight is 219 g/mol. The molecule has 0 spiro atoms. The summed E-state index contributed by atoms with van der Waals surface area (Å²) in [5.74, 6) is -1.50. The highest BCUT2D eigenvalue weighted by atomic mass is 16.4. The number of hydrogen-bond acceptors (Lipinski definition) is 4. The van der Waals surface area contributed by atoms with E-state index in [1.807, 2.05) is 12.1 Å². The topological polar surface area (TPSA) is 72.5 Å². The van der Waals surface area contributed by atoms with Crippen LogP contribution < -0.4 is 15.3 Å². The summed E-state index contributed by atoms with van der Waals surface area (Å²) in [5.41, 5.74) is 1.51. The van der Waals surface area contributed by atoms with Crippen LogP contribution in [0.5, 0.6) is 0 Å². The van der Waals surface area contributed by atoms with E-state index in [9.17, 15) is 14.7 Å². The van der Waals surface area contributed by atoms with Gasteiger partial charge in [0.15, 0.2) is 0 Å². The van der Waals surface area contributed by atoms with Gasteiger partial charge in [-0.05, 0) is 12.1 Å². The lowest BCUT2D eigenvalue weighted by Gasteiger charge is -2.33. The summed E-state index contributed by atoms with van der Waals surface area (Å²) in [7, 11) is 1.63. The second kappa shape index (κ2) is 3.84. The molecule has 5 heteroatoms. The predicted octanol–water partition coefficient (Wildman–Crippen LogP) is -0.417. The summed E-state index contributed by atoms with van der Waals surface area (Å²) in [5, 5.41) is 13.4. The van der Waals surface area contributed by atoms with Gasteiger partial charge in [-0.15, -0.1) is 0 Å². The zero-order chi connectivity index (χ0) is 11.7. The summed E-state index contributed by atoms with van der Waals surface area (Å²) in [6, 6.07) is 6.51. The lowest BCUT2D eigenvalue weighted by molar-refractivity contribution is -0.305. The number of carboxylic acids is 1. The van der Waals surface area contributed by atoms with Crippen LogP contribution in [0.3, 0.4) is 0 Å². The number of nitrogens with one attached hydrogen (secondary N) is 1. The Balaban J connectivity index is 2.32. The van der Waals surface area contributed by atoms with Crippen LogP contribution in [-0.4, -0.2) is 25.0 Å². The van der Waals surface area contributed by atoms with Crippen LogP contribution in [0.25, 0.3) is 0 Å². The van der Waals surface area contributed by atoms with E-state index in [1.54, 1.807) is 19.2 Å². The first kappa shape index (κ1) is 10.5. The first-order valence-electron chi connectivity index (χ1n) is 4.92. The van der Waals surface area contributed by atoms with Gasteiger partial charge in [-0.3, -0.25) is 4.79 Å². The van der Waals surface area contributed by atoms with E-state index >= 15 is 0 Å². The molecular weight excluding hydrogens is 208 g/mol. The van der Waals surface area contributed by atoms with Crippen molar-refractivity contribution < 1.29 is 14.7 Å². The second-order valence-corrected chi connectivity index (χ2v) is 3.69. The Morgan fingerprint density at radius 1 is 1.50 bits per heavy atom. The van der Waals surface area contributed by atoms with Crippen LogP contribution >= 0.6 is 0 Å². The number of benzene rings is 1. The van der Waals surface area contributed by atoms with Crippen molar-refractivity contribution in [3.8, 4) is 0 Å². The van der Waals surface area contributed by atoms with Gasteiger partial charge in [-0.2, -0.15) is 0 Å². The fourth-order valence-electron chi connectivity index (χ4n) is 1.80. The number of aliphatic carboxylic acids is 1. The summed E-state index contributed by atoms with van der Waals surface area (Å²) >= 11 is 0. The van der Waals surface area contributed by atoms with E-state index in [0.29, 0.717) is 0 Å². The molecule has 0 aromatic heterocycles. The maximum atomic E-state index is 11.8. The molecule has 1 aromatic carbocycles. The summed E-state index contributed by atoms with van der Waals surface area (Å²) in [6.45, 7) is 0. The van der Waals surface area contributed by atoms with E-state index in [2.05, 4.69) is 5.32 Å². The zero-order valence-corrected chi connectivity index (χ0v) is 8.77. The molecule has 1 amide bonds. The molecule has 1 atom stereocenters. The van der Waals surface area contributed by atoms with Gasteiger partial charge in [0.1, 0.15) is 6.04 Å². The number of rotatable bonds is 2. The Morgan fingerprint density at radius 3 is 2.88 bits per heavy atom. The third-order valence-electron chi connectivity index (χ3n) is 2.59. The Labute approximate surface area is 92.7 Å². The highest BCUT2D eigenvalue weighted by Crippen LogP contribution is 2.30. The van der Waals surface area contributed by atoms with Crippen LogP contribution in [0.2, 0.25) is 0 Å². The van der Waals surface area contributed by atoms with Crippen molar-refractivity contribution in [3.63, 3.8) is 0 Å². The van der Waals surface area contributed by atoms with Gasteiger partial charge < -0.3 is 20.1 Å². The van der Waals surface area contributed by atoms with E-state index in [1.165, 1.54) is 4.90 Å². The molecule has 16 heavy (non-hydrogen) atoms. The van der Waals surface area contributed by atoms with Crippen LogP contribution in [0.1, 0.15) is 6.42 Å². The van der Waals surface area contributed by atoms with Gasteiger partial charge in [0.05, 0.1) is 11.4 Å². The van der Waals surface area contributed by atoms with Gasteiger partial charge in [-0.25, -0.2) is 0 Å². The Hall–Kier alpha value is -2.04. The molecule has 0 saturated carbocycles. The Kier molecular flexibility index (Phi) is 2.52. The van der Waals surface area contributed by atoms with Crippen molar-refractivity contribution in [2.24, 2.45) is 0 Å². The minimum Gasteiger partial charge on any atom is -0.550 e. The molecule has 2 rings (SSSR count). The number of carboxylic acid groups (broad SMARTS) is 1. The standard InChI is InChI=1S/C11H12N2O3/c1-13-9-5-3-2-4-7(9)12-8(11(13)16)6-10(14)15/h2-5,8,12H,6H2,1H3,(H,14,15)/p-1. The first-order valence-corrected chi connectivity index (χ1v) is 4.92. The molecule has 0 saturated heterocycles. The van der Waals surface area contributed by atoms with Crippen molar-refractivity contribution in [1.29, 1.82) is 0 Å². The van der Waals surface area contributed by atoms with E-state index in [4.69, 9.17) is 0 Å². The number of anilines is 2. The lowest BCUT2D eigenvalue weighted by atomic mass is 10.1. The molecule has 0 aliphatic carbocycles. The van der Waals surface area contributed by atoms with Crippen molar-refractivity contribution in [3.05, 3.63) is 24.3 Å². The van der Waals surface area contributed by atoms with Crippen LogP contribution in [0.15, 0.2) is 24.3 Å². The molecule has 1 heterocycles. The monoisotopic (exact) mass is 219 g/mol. The Bertz CT molecular complexity index is 445. The van der Waals surface area contributed by atoms with Gasteiger partial charge >= 0.3 is 0 Å². The zero-order valence-electron chi connectivity index (χ0n) is 8.77. The van der Waals surface area contributed by atoms with E-state index < -0.39 is 12.0 Å². The van der Waals surface area contributed by atoms with Crippen LogP contribution in [-0.2, 0) is 9.59 Å². The largest absolute Gasteiger partial charge is 0.550 e. The van der Waals surface area contributed by atoms with E-state index in [0.717, 1.165) is 11.4 Å². The minimum atomic E-state index is -1.24. The molecule has 5 nitrogen and oxygen atoms in total. The van der Waals surface area contributed by atoms with Crippen molar-refractivity contribution in [1.82, 2.24) is 0 Å².